The molecule has 0 spiro atoms. The van der Waals surface area contributed by atoms with Crippen LogP contribution in [0.25, 0.3) is 22.3 Å². The highest BCUT2D eigenvalue weighted by molar-refractivity contribution is 5.96. The van der Waals surface area contributed by atoms with Crippen molar-refractivity contribution in [2.24, 2.45) is 0 Å². The number of anilines is 6. The maximum Gasteiger partial charge on any atom is 0.0496 e. The lowest BCUT2D eigenvalue weighted by molar-refractivity contribution is 0.660. The van der Waals surface area contributed by atoms with E-state index in [9.17, 15) is 0 Å². The quantitative estimate of drug-likeness (QED) is 0.161. The van der Waals surface area contributed by atoms with Crippen LogP contribution in [-0.2, 0) is 31.1 Å². The van der Waals surface area contributed by atoms with Crippen molar-refractivity contribution in [3.8, 4) is 22.3 Å². The second-order valence-electron chi connectivity index (χ2n) is 16.1. The van der Waals surface area contributed by atoms with E-state index in [0.717, 1.165) is 25.7 Å². The monoisotopic (exact) mass is 734 g/mol. The minimum absolute atomic E-state index is 0.146. The fourth-order valence-corrected chi connectivity index (χ4v) is 9.29. The zero-order chi connectivity index (χ0) is 38.3. The zero-order valence-electron chi connectivity index (χ0n) is 32.7. The number of nitrogens with zero attached hydrogens (tertiary/aromatic N) is 2. The second kappa shape index (κ2) is 14.5. The minimum Gasteiger partial charge on any atom is -0.310 e. The summed E-state index contributed by atoms with van der Waals surface area (Å²) in [5.41, 5.74) is 20.5. The molecule has 0 aromatic heterocycles. The Morgan fingerprint density at radius 2 is 0.825 bits per heavy atom. The molecule has 0 radical (unpaired) electrons. The van der Waals surface area contributed by atoms with Crippen molar-refractivity contribution in [2.75, 3.05) is 9.80 Å². The van der Waals surface area contributed by atoms with Gasteiger partial charge in [-0.2, -0.15) is 0 Å². The molecule has 8 aromatic carbocycles. The standard InChI is InChI=1S/C55H46N2/c1-55(2)50-26-16-15-25-48(50)54-49(41-17-7-3-8-18-41)37-47(38-51(54)55)57(46-23-13-6-14-24-46)53-36-40-28-32-42-31-27-39(29-33-43(53)34-30-40)35-52(42)56(44-19-9-4-10-20-44)45-21-11-5-12-22-45/h3-27,30-31,34-38H,28-29,32-33H2,1-2H3. The molecule has 5 aliphatic rings. The summed E-state index contributed by atoms with van der Waals surface area (Å²) in [6, 6.07) is 72.0. The second-order valence-corrected chi connectivity index (χ2v) is 16.1. The fourth-order valence-electron chi connectivity index (χ4n) is 9.29. The molecule has 8 aromatic rings. The Morgan fingerprint density at radius 1 is 0.368 bits per heavy atom. The van der Waals surface area contributed by atoms with Gasteiger partial charge in [0.2, 0.25) is 0 Å². The molecule has 5 aliphatic carbocycles. The molecule has 57 heavy (non-hydrogen) atoms. The fraction of sp³-hybridized carbons (Fsp3) is 0.127. The maximum atomic E-state index is 2.54. The molecular formula is C55H46N2. The van der Waals surface area contributed by atoms with Crippen LogP contribution in [0.3, 0.4) is 0 Å². The van der Waals surface area contributed by atoms with Gasteiger partial charge < -0.3 is 9.80 Å². The summed E-state index contributed by atoms with van der Waals surface area (Å²) in [7, 11) is 0. The number of para-hydroxylation sites is 3. The number of aryl methyl sites for hydroxylation is 4. The van der Waals surface area contributed by atoms with Crippen LogP contribution in [0.2, 0.25) is 0 Å². The van der Waals surface area contributed by atoms with Crippen LogP contribution in [0.15, 0.2) is 194 Å². The molecule has 4 bridgehead atoms. The van der Waals surface area contributed by atoms with E-state index >= 15 is 0 Å². The van der Waals surface area contributed by atoms with E-state index in [4.69, 9.17) is 0 Å². The first-order chi connectivity index (χ1) is 28.0. The molecule has 276 valence electrons. The van der Waals surface area contributed by atoms with Crippen molar-refractivity contribution in [1.29, 1.82) is 0 Å². The van der Waals surface area contributed by atoms with E-state index in [1.54, 1.807) is 0 Å². The van der Waals surface area contributed by atoms with Crippen molar-refractivity contribution in [3.63, 3.8) is 0 Å². The highest BCUT2D eigenvalue weighted by Crippen LogP contribution is 2.54. The topological polar surface area (TPSA) is 6.48 Å². The van der Waals surface area contributed by atoms with Gasteiger partial charge in [-0.3, -0.25) is 0 Å². The molecule has 0 amide bonds. The third-order valence-electron chi connectivity index (χ3n) is 12.2. The van der Waals surface area contributed by atoms with Gasteiger partial charge in [0.15, 0.2) is 0 Å². The van der Waals surface area contributed by atoms with E-state index in [1.165, 1.54) is 89.8 Å². The smallest absolute Gasteiger partial charge is 0.0496 e. The highest BCUT2D eigenvalue weighted by atomic mass is 15.2. The van der Waals surface area contributed by atoms with Gasteiger partial charge in [-0.1, -0.05) is 147 Å². The summed E-state index contributed by atoms with van der Waals surface area (Å²) >= 11 is 0. The Kier molecular flexibility index (Phi) is 8.83. The number of fused-ring (bicyclic) bond motifs is 3. The number of rotatable bonds is 7. The van der Waals surface area contributed by atoms with E-state index in [-0.39, 0.29) is 5.41 Å². The average molecular weight is 735 g/mol. The summed E-state index contributed by atoms with van der Waals surface area (Å²) in [6.45, 7) is 4.78. The van der Waals surface area contributed by atoms with Crippen LogP contribution in [-0.4, -0.2) is 0 Å². The predicted molar refractivity (Wildman–Crippen MR) is 240 cm³/mol. The van der Waals surface area contributed by atoms with Crippen molar-refractivity contribution in [3.05, 3.63) is 228 Å². The largest absolute Gasteiger partial charge is 0.310 e. The van der Waals surface area contributed by atoms with E-state index in [0.29, 0.717) is 0 Å². The molecule has 0 heterocycles. The van der Waals surface area contributed by atoms with Gasteiger partial charge in [0, 0.05) is 39.5 Å². The minimum atomic E-state index is -0.146. The van der Waals surface area contributed by atoms with Crippen LogP contribution >= 0.6 is 0 Å². The van der Waals surface area contributed by atoms with Gasteiger partial charge in [-0.05, 0) is 142 Å². The van der Waals surface area contributed by atoms with Crippen LogP contribution in [0, 0.1) is 0 Å². The van der Waals surface area contributed by atoms with Gasteiger partial charge in [0.25, 0.3) is 0 Å². The summed E-state index contributed by atoms with van der Waals surface area (Å²) < 4.78 is 0. The first-order valence-corrected chi connectivity index (χ1v) is 20.4. The summed E-state index contributed by atoms with van der Waals surface area (Å²) in [4.78, 5) is 4.98. The SMILES string of the molecule is CC1(C)c2ccccc2-c2c(-c3ccccc3)cc(N(c3ccccc3)c3cc4ccc3CCc3ccc(c(N(c5ccccc5)c5ccccc5)c3)CC4)cc21. The number of hydrogen-bond donors (Lipinski definition) is 0. The van der Waals surface area contributed by atoms with E-state index in [1.807, 2.05) is 0 Å². The zero-order valence-corrected chi connectivity index (χ0v) is 32.7. The van der Waals surface area contributed by atoms with Gasteiger partial charge in [-0.15, -0.1) is 0 Å². The lowest BCUT2D eigenvalue weighted by Gasteiger charge is -2.31. The first-order valence-electron chi connectivity index (χ1n) is 20.4. The molecule has 0 aliphatic heterocycles. The highest BCUT2D eigenvalue weighted by Gasteiger charge is 2.38. The van der Waals surface area contributed by atoms with E-state index < -0.39 is 0 Å². The maximum absolute atomic E-state index is 2.54. The summed E-state index contributed by atoms with van der Waals surface area (Å²) in [5.74, 6) is 0. The number of benzene rings is 8. The van der Waals surface area contributed by atoms with Gasteiger partial charge in [0.05, 0.1) is 0 Å². The molecule has 0 saturated carbocycles. The van der Waals surface area contributed by atoms with Crippen molar-refractivity contribution in [1.82, 2.24) is 0 Å². The Labute approximate surface area is 337 Å². The molecule has 2 heteroatoms. The molecule has 0 atom stereocenters. The third-order valence-corrected chi connectivity index (χ3v) is 12.2. The van der Waals surface area contributed by atoms with Gasteiger partial charge in [-0.25, -0.2) is 0 Å². The molecule has 13 rings (SSSR count). The molecule has 0 saturated heterocycles. The Bertz CT molecular complexity index is 2660. The normalized spacial score (nSPS) is 13.6. The third kappa shape index (κ3) is 6.32. The molecule has 0 fully saturated rings. The molecular weight excluding hydrogens is 689 g/mol. The van der Waals surface area contributed by atoms with Gasteiger partial charge in [0.1, 0.15) is 0 Å². The Hall–Kier alpha value is -6.64. The van der Waals surface area contributed by atoms with Crippen LogP contribution in [0.5, 0.6) is 0 Å². The van der Waals surface area contributed by atoms with E-state index in [2.05, 4.69) is 218 Å². The Morgan fingerprint density at radius 3 is 1.35 bits per heavy atom. The van der Waals surface area contributed by atoms with Crippen molar-refractivity contribution >= 4 is 34.1 Å². The Balaban J connectivity index is 1.12. The lowest BCUT2D eigenvalue weighted by Crippen LogP contribution is -2.18. The molecule has 2 nitrogen and oxygen atoms in total. The summed E-state index contributed by atoms with van der Waals surface area (Å²) in [6.07, 6.45) is 3.71. The molecule has 0 unspecified atom stereocenters. The van der Waals surface area contributed by atoms with Crippen LogP contribution < -0.4 is 9.80 Å². The van der Waals surface area contributed by atoms with Crippen molar-refractivity contribution < 1.29 is 0 Å². The lowest BCUT2D eigenvalue weighted by atomic mass is 9.81. The molecule has 0 N–H and O–H groups in total. The van der Waals surface area contributed by atoms with Crippen LogP contribution in [0.1, 0.15) is 47.2 Å². The van der Waals surface area contributed by atoms with Crippen molar-refractivity contribution in [2.45, 2.75) is 44.9 Å². The predicted octanol–water partition coefficient (Wildman–Crippen LogP) is 14.5. The first kappa shape index (κ1) is 34.8. The average Bonchev–Trinajstić information content (AvgIpc) is 3.49. The summed E-state index contributed by atoms with van der Waals surface area (Å²) in [5, 5.41) is 0. The van der Waals surface area contributed by atoms with Crippen LogP contribution in [0.4, 0.5) is 34.1 Å². The number of hydrogen-bond acceptors (Lipinski definition) is 2. The van der Waals surface area contributed by atoms with Gasteiger partial charge >= 0.3 is 0 Å².